The van der Waals surface area contributed by atoms with E-state index in [1.165, 1.54) is 4.90 Å². The first-order chi connectivity index (χ1) is 16.1. The summed E-state index contributed by atoms with van der Waals surface area (Å²) >= 11 is 0. The Morgan fingerprint density at radius 1 is 1.03 bits per heavy atom. The minimum absolute atomic E-state index is 0.00476. The molecular weight excluding hydrogens is 416 g/mol. The molecule has 33 heavy (non-hydrogen) atoms. The van der Waals surface area contributed by atoms with E-state index in [-0.39, 0.29) is 30.3 Å². The Morgan fingerprint density at radius 2 is 1.73 bits per heavy atom. The maximum Gasteiger partial charge on any atom is 0.261 e. The fourth-order valence-electron chi connectivity index (χ4n) is 4.82. The Morgan fingerprint density at radius 3 is 2.39 bits per heavy atom. The summed E-state index contributed by atoms with van der Waals surface area (Å²) in [5, 5.41) is 0. The van der Waals surface area contributed by atoms with Crippen molar-refractivity contribution in [2.45, 2.75) is 38.8 Å². The number of hydrogen-bond donors (Lipinski definition) is 0. The number of imidazole rings is 1. The Labute approximate surface area is 192 Å². The first-order valence-electron chi connectivity index (χ1n) is 11.4. The van der Waals surface area contributed by atoms with Crippen molar-refractivity contribution in [2.24, 2.45) is 0 Å². The lowest BCUT2D eigenvalue weighted by Gasteiger charge is -2.34. The third-order valence-corrected chi connectivity index (χ3v) is 6.56. The minimum Gasteiger partial charge on any atom is -0.337 e. The van der Waals surface area contributed by atoms with Crippen LogP contribution < -0.4 is 0 Å². The first kappa shape index (κ1) is 21.1. The molecular formula is C26H26N4O3. The third-order valence-electron chi connectivity index (χ3n) is 6.56. The van der Waals surface area contributed by atoms with Crippen LogP contribution in [0.1, 0.15) is 68.3 Å². The van der Waals surface area contributed by atoms with Crippen molar-refractivity contribution in [1.82, 2.24) is 19.4 Å². The summed E-state index contributed by atoms with van der Waals surface area (Å²) in [7, 11) is 0. The maximum atomic E-state index is 13.2. The molecule has 1 fully saturated rings. The molecule has 1 unspecified atom stereocenters. The van der Waals surface area contributed by atoms with Crippen LogP contribution in [0.3, 0.4) is 0 Å². The van der Waals surface area contributed by atoms with Gasteiger partial charge in [-0.05, 0) is 42.7 Å². The summed E-state index contributed by atoms with van der Waals surface area (Å²) < 4.78 is 2.20. The molecule has 7 nitrogen and oxygen atoms in total. The maximum absolute atomic E-state index is 13.2. The summed E-state index contributed by atoms with van der Waals surface area (Å²) in [5.74, 6) is 0.499. The number of nitrogens with zero attached hydrogens (tertiary/aromatic N) is 4. The molecule has 2 aliphatic rings. The lowest BCUT2D eigenvalue weighted by molar-refractivity contribution is 0.0638. The molecule has 1 aromatic heterocycles. The van der Waals surface area contributed by atoms with Crippen molar-refractivity contribution in [3.05, 3.63) is 89.0 Å². The third kappa shape index (κ3) is 3.84. The van der Waals surface area contributed by atoms with Gasteiger partial charge in [0.05, 0.1) is 23.7 Å². The molecule has 3 heterocycles. The quantitative estimate of drug-likeness (QED) is 0.565. The monoisotopic (exact) mass is 442 g/mol. The van der Waals surface area contributed by atoms with Crippen molar-refractivity contribution in [1.29, 1.82) is 0 Å². The molecule has 1 atom stereocenters. The molecule has 0 spiro atoms. The minimum atomic E-state index is -0.277. The number of carbonyl (C=O) groups is 3. The van der Waals surface area contributed by atoms with Gasteiger partial charge in [-0.25, -0.2) is 4.98 Å². The molecule has 3 amide bonds. The van der Waals surface area contributed by atoms with E-state index in [9.17, 15) is 14.4 Å². The second-order valence-corrected chi connectivity index (χ2v) is 8.59. The zero-order chi connectivity index (χ0) is 22.9. The van der Waals surface area contributed by atoms with Crippen LogP contribution in [-0.4, -0.2) is 50.2 Å². The normalized spacial score (nSPS) is 18.0. The van der Waals surface area contributed by atoms with Crippen LogP contribution in [-0.2, 0) is 13.0 Å². The number of likely N-dealkylation sites (tertiary alicyclic amines) is 1. The van der Waals surface area contributed by atoms with E-state index < -0.39 is 0 Å². The highest BCUT2D eigenvalue weighted by molar-refractivity contribution is 6.21. The van der Waals surface area contributed by atoms with Crippen molar-refractivity contribution >= 4 is 17.7 Å². The lowest BCUT2D eigenvalue weighted by Crippen LogP contribution is -2.41. The van der Waals surface area contributed by atoms with Crippen LogP contribution in [0.15, 0.2) is 60.9 Å². The average Bonchev–Trinajstić information content (AvgIpc) is 3.43. The Bertz CT molecular complexity index is 1180. The van der Waals surface area contributed by atoms with E-state index in [4.69, 9.17) is 0 Å². The van der Waals surface area contributed by atoms with Crippen molar-refractivity contribution < 1.29 is 14.4 Å². The Balaban J connectivity index is 1.26. The molecule has 7 heteroatoms. The molecule has 0 N–H and O–H groups in total. The summed E-state index contributed by atoms with van der Waals surface area (Å²) in [6, 6.07) is 14.3. The van der Waals surface area contributed by atoms with Gasteiger partial charge in [-0.15, -0.1) is 0 Å². The zero-order valence-electron chi connectivity index (χ0n) is 18.6. The number of piperidine rings is 1. The number of hydrogen-bond acceptors (Lipinski definition) is 4. The molecule has 3 aromatic rings. The van der Waals surface area contributed by atoms with Crippen LogP contribution in [0.2, 0.25) is 0 Å². The fourth-order valence-corrected chi connectivity index (χ4v) is 4.82. The summed E-state index contributed by atoms with van der Waals surface area (Å²) in [6.45, 7) is 3.68. The number of amides is 3. The number of benzene rings is 2. The summed E-state index contributed by atoms with van der Waals surface area (Å²) in [4.78, 5) is 46.0. The van der Waals surface area contributed by atoms with Gasteiger partial charge in [-0.1, -0.05) is 31.2 Å². The number of rotatable bonds is 5. The van der Waals surface area contributed by atoms with Crippen molar-refractivity contribution in [3.63, 3.8) is 0 Å². The molecule has 2 aliphatic heterocycles. The first-order valence-corrected chi connectivity index (χ1v) is 11.4. The van der Waals surface area contributed by atoms with Gasteiger partial charge in [0.25, 0.3) is 17.7 Å². The van der Waals surface area contributed by atoms with Gasteiger partial charge in [0.1, 0.15) is 5.82 Å². The highest BCUT2D eigenvalue weighted by Gasteiger charge is 2.35. The predicted octanol–water partition coefficient (Wildman–Crippen LogP) is 3.72. The van der Waals surface area contributed by atoms with E-state index in [0.29, 0.717) is 23.2 Å². The van der Waals surface area contributed by atoms with E-state index in [2.05, 4.69) is 16.5 Å². The highest BCUT2D eigenvalue weighted by atomic mass is 16.2. The standard InChI is InChI=1S/C26H26N4O3/c1-2-23-27-13-15-29(23)20-6-5-14-28(17-20)24(31)19-11-9-18(10-12-19)16-30-25(32)21-7-3-4-8-22(21)26(30)33/h3-4,7-13,15,20H,2,5-6,14,16-17H2,1H3. The molecule has 168 valence electrons. The van der Waals surface area contributed by atoms with Gasteiger partial charge in [0.15, 0.2) is 0 Å². The topological polar surface area (TPSA) is 75.5 Å². The zero-order valence-corrected chi connectivity index (χ0v) is 18.6. The van der Waals surface area contributed by atoms with E-state index in [1.54, 1.807) is 36.4 Å². The van der Waals surface area contributed by atoms with Gasteiger partial charge in [-0.2, -0.15) is 0 Å². The molecule has 0 saturated carbocycles. The van der Waals surface area contributed by atoms with E-state index in [0.717, 1.165) is 37.2 Å². The highest BCUT2D eigenvalue weighted by Crippen LogP contribution is 2.26. The van der Waals surface area contributed by atoms with Crippen LogP contribution in [0.4, 0.5) is 0 Å². The van der Waals surface area contributed by atoms with Crippen LogP contribution >= 0.6 is 0 Å². The van der Waals surface area contributed by atoms with Crippen LogP contribution in [0.25, 0.3) is 0 Å². The van der Waals surface area contributed by atoms with Crippen LogP contribution in [0, 0.1) is 0 Å². The van der Waals surface area contributed by atoms with Crippen LogP contribution in [0.5, 0.6) is 0 Å². The number of carbonyl (C=O) groups excluding carboxylic acids is 3. The van der Waals surface area contributed by atoms with Crippen molar-refractivity contribution in [3.8, 4) is 0 Å². The predicted molar refractivity (Wildman–Crippen MR) is 123 cm³/mol. The fraction of sp³-hybridized carbons (Fsp3) is 0.308. The van der Waals surface area contributed by atoms with E-state index >= 15 is 0 Å². The Kier molecular flexibility index (Phi) is 5.54. The van der Waals surface area contributed by atoms with Gasteiger partial charge in [-0.3, -0.25) is 19.3 Å². The number of fused-ring (bicyclic) bond motifs is 1. The molecule has 0 bridgehead atoms. The molecule has 1 saturated heterocycles. The molecule has 2 aromatic carbocycles. The van der Waals surface area contributed by atoms with E-state index in [1.807, 2.05) is 29.4 Å². The number of aromatic nitrogens is 2. The second kappa shape index (κ2) is 8.65. The van der Waals surface area contributed by atoms with Gasteiger partial charge >= 0.3 is 0 Å². The smallest absolute Gasteiger partial charge is 0.261 e. The Hall–Kier alpha value is -3.74. The number of imide groups is 1. The number of aryl methyl sites for hydroxylation is 1. The van der Waals surface area contributed by atoms with Gasteiger partial charge in [0.2, 0.25) is 0 Å². The van der Waals surface area contributed by atoms with Gasteiger partial charge in [0, 0.05) is 37.5 Å². The second-order valence-electron chi connectivity index (χ2n) is 8.59. The molecule has 0 aliphatic carbocycles. The molecule has 5 rings (SSSR count). The van der Waals surface area contributed by atoms with Gasteiger partial charge < -0.3 is 9.47 Å². The van der Waals surface area contributed by atoms with Crippen molar-refractivity contribution in [2.75, 3.05) is 13.1 Å². The largest absolute Gasteiger partial charge is 0.337 e. The average molecular weight is 443 g/mol. The molecule has 0 radical (unpaired) electrons. The summed E-state index contributed by atoms with van der Waals surface area (Å²) in [5.41, 5.74) is 2.31. The summed E-state index contributed by atoms with van der Waals surface area (Å²) in [6.07, 6.45) is 6.69. The lowest BCUT2D eigenvalue weighted by atomic mass is 10.0. The SMILES string of the molecule is CCc1nccn1C1CCCN(C(=O)c2ccc(CN3C(=O)c4ccccc4C3=O)cc2)C1.